The maximum Gasteiger partial charge on any atom is 0.273 e. The number of halogens is 1. The number of nitrogens with zero attached hydrogens (tertiary/aromatic N) is 6. The van der Waals surface area contributed by atoms with Gasteiger partial charge in [-0.1, -0.05) is 0 Å². The SMILES string of the molecule is Cc1nc(Oc2ccc(NC(=O)c3cc(-c4ccc(F)cc4)nn3C)cc2)cc(-n2nc(C)c(C)c2C)n1. The van der Waals surface area contributed by atoms with Crippen molar-refractivity contribution in [3.63, 3.8) is 0 Å². The van der Waals surface area contributed by atoms with Crippen LogP contribution in [0.25, 0.3) is 17.1 Å². The van der Waals surface area contributed by atoms with Crippen molar-refractivity contribution in [3.8, 4) is 28.7 Å². The lowest BCUT2D eigenvalue weighted by atomic mass is 10.1. The fourth-order valence-electron chi connectivity index (χ4n) is 3.99. The van der Waals surface area contributed by atoms with Crippen LogP contribution in [-0.4, -0.2) is 35.4 Å². The molecule has 0 spiro atoms. The molecule has 9 nitrogen and oxygen atoms in total. The number of aromatic nitrogens is 6. The van der Waals surface area contributed by atoms with Gasteiger partial charge < -0.3 is 10.1 Å². The van der Waals surface area contributed by atoms with E-state index in [0.717, 1.165) is 22.5 Å². The lowest BCUT2D eigenvalue weighted by Gasteiger charge is -2.10. The molecule has 3 heterocycles. The highest BCUT2D eigenvalue weighted by atomic mass is 19.1. The molecule has 0 aliphatic rings. The second kappa shape index (κ2) is 9.89. The maximum absolute atomic E-state index is 13.2. The van der Waals surface area contributed by atoms with E-state index in [1.807, 2.05) is 20.8 Å². The Morgan fingerprint density at radius 1 is 0.921 bits per heavy atom. The first-order valence-electron chi connectivity index (χ1n) is 12.0. The highest BCUT2D eigenvalue weighted by Crippen LogP contribution is 2.25. The molecule has 5 rings (SSSR count). The number of amides is 1. The molecule has 0 aliphatic heterocycles. The maximum atomic E-state index is 13.2. The summed E-state index contributed by atoms with van der Waals surface area (Å²) in [4.78, 5) is 21.8. The van der Waals surface area contributed by atoms with Crippen molar-refractivity contribution >= 4 is 11.6 Å². The molecule has 0 atom stereocenters. The van der Waals surface area contributed by atoms with E-state index in [0.29, 0.717) is 40.3 Å². The molecule has 1 N–H and O–H groups in total. The molecular weight excluding hydrogens is 485 g/mol. The van der Waals surface area contributed by atoms with Crippen LogP contribution in [0, 0.1) is 33.5 Å². The van der Waals surface area contributed by atoms with Crippen LogP contribution < -0.4 is 10.1 Å². The number of benzene rings is 2. The summed E-state index contributed by atoms with van der Waals surface area (Å²) in [6.45, 7) is 7.78. The van der Waals surface area contributed by atoms with Crippen molar-refractivity contribution in [2.24, 2.45) is 7.05 Å². The zero-order valence-corrected chi connectivity index (χ0v) is 21.7. The van der Waals surface area contributed by atoms with Gasteiger partial charge in [0.15, 0.2) is 5.82 Å². The van der Waals surface area contributed by atoms with E-state index < -0.39 is 0 Å². The van der Waals surface area contributed by atoms with Crippen LogP contribution in [0.15, 0.2) is 60.7 Å². The Morgan fingerprint density at radius 3 is 2.29 bits per heavy atom. The Bertz CT molecular complexity index is 1640. The van der Waals surface area contributed by atoms with Gasteiger partial charge in [-0.2, -0.15) is 15.2 Å². The minimum atomic E-state index is -0.330. The third-order valence-electron chi connectivity index (χ3n) is 6.26. The smallest absolute Gasteiger partial charge is 0.273 e. The number of aryl methyl sites for hydroxylation is 3. The number of hydrogen-bond acceptors (Lipinski definition) is 6. The average molecular weight is 512 g/mol. The number of carbonyl (C=O) groups excluding carboxylic acids is 1. The predicted octanol–water partition coefficient (Wildman–Crippen LogP) is 5.48. The highest BCUT2D eigenvalue weighted by Gasteiger charge is 2.16. The fourth-order valence-corrected chi connectivity index (χ4v) is 3.99. The van der Waals surface area contributed by atoms with Gasteiger partial charge >= 0.3 is 0 Å². The third-order valence-corrected chi connectivity index (χ3v) is 6.26. The largest absolute Gasteiger partial charge is 0.439 e. The van der Waals surface area contributed by atoms with Crippen molar-refractivity contribution in [3.05, 3.63) is 95.0 Å². The molecule has 0 bridgehead atoms. The fraction of sp³-hybridized carbons (Fsp3) is 0.179. The summed E-state index contributed by atoms with van der Waals surface area (Å²) in [5.41, 5.74) is 5.31. The Morgan fingerprint density at radius 2 is 1.63 bits per heavy atom. The minimum Gasteiger partial charge on any atom is -0.439 e. The summed E-state index contributed by atoms with van der Waals surface area (Å²) < 4.78 is 22.5. The standard InChI is InChI=1S/C28H26FN7O2/c1-16-17(2)33-36(18(16)3)26-15-27(31-19(4)30-26)38-23-12-10-22(11-13-23)32-28(37)25-14-24(34-35(25)5)20-6-8-21(29)9-7-20/h6-15H,1-5H3,(H,32,37). The quantitative estimate of drug-likeness (QED) is 0.324. The number of anilines is 1. The molecular formula is C28H26FN7O2. The summed E-state index contributed by atoms with van der Waals surface area (Å²) >= 11 is 0. The monoisotopic (exact) mass is 511 g/mol. The molecule has 0 aliphatic carbocycles. The molecule has 0 saturated heterocycles. The number of hydrogen-bond donors (Lipinski definition) is 1. The van der Waals surface area contributed by atoms with Gasteiger partial charge in [0.05, 0.1) is 11.4 Å². The number of carbonyl (C=O) groups is 1. The molecule has 10 heteroatoms. The Balaban J connectivity index is 1.29. The van der Waals surface area contributed by atoms with Gasteiger partial charge in [0.2, 0.25) is 5.88 Å². The zero-order chi connectivity index (χ0) is 27.0. The van der Waals surface area contributed by atoms with Crippen molar-refractivity contribution in [1.82, 2.24) is 29.5 Å². The van der Waals surface area contributed by atoms with Crippen LogP contribution in [0.5, 0.6) is 11.6 Å². The Hall–Kier alpha value is -4.86. The first-order chi connectivity index (χ1) is 18.2. The van der Waals surface area contributed by atoms with E-state index >= 15 is 0 Å². The molecule has 5 aromatic rings. The van der Waals surface area contributed by atoms with Gasteiger partial charge in [0.25, 0.3) is 5.91 Å². The molecule has 1 amide bonds. The van der Waals surface area contributed by atoms with E-state index in [-0.39, 0.29) is 11.7 Å². The van der Waals surface area contributed by atoms with Crippen molar-refractivity contribution in [2.75, 3.05) is 5.32 Å². The van der Waals surface area contributed by atoms with Gasteiger partial charge in [-0.25, -0.2) is 14.1 Å². The molecule has 2 aromatic carbocycles. The number of rotatable bonds is 6. The predicted molar refractivity (Wildman–Crippen MR) is 141 cm³/mol. The van der Waals surface area contributed by atoms with Gasteiger partial charge in [0.1, 0.15) is 23.1 Å². The first kappa shape index (κ1) is 24.8. The second-order valence-corrected chi connectivity index (χ2v) is 8.95. The summed E-state index contributed by atoms with van der Waals surface area (Å²) in [7, 11) is 1.68. The Kier molecular flexibility index (Phi) is 6.46. The van der Waals surface area contributed by atoms with Gasteiger partial charge in [-0.05, 0) is 87.9 Å². The molecule has 192 valence electrons. The molecule has 0 fully saturated rings. The number of ether oxygens (including phenoxy) is 1. The third kappa shape index (κ3) is 5.01. The highest BCUT2D eigenvalue weighted by molar-refractivity contribution is 6.03. The Labute approximate surface area is 218 Å². The van der Waals surface area contributed by atoms with E-state index in [1.165, 1.54) is 16.8 Å². The van der Waals surface area contributed by atoms with Crippen LogP contribution in [0.3, 0.4) is 0 Å². The van der Waals surface area contributed by atoms with Crippen LogP contribution in [-0.2, 0) is 7.05 Å². The lowest BCUT2D eigenvalue weighted by molar-refractivity contribution is 0.101. The molecule has 3 aromatic heterocycles. The summed E-state index contributed by atoms with van der Waals surface area (Å²) in [5.74, 6) is 1.47. The van der Waals surface area contributed by atoms with Crippen LogP contribution in [0.2, 0.25) is 0 Å². The average Bonchev–Trinajstić information content (AvgIpc) is 3.40. The van der Waals surface area contributed by atoms with E-state index in [1.54, 1.807) is 67.2 Å². The summed E-state index contributed by atoms with van der Waals surface area (Å²) in [6, 6.07) is 16.3. The number of nitrogens with one attached hydrogen (secondary N) is 1. The van der Waals surface area contributed by atoms with Gasteiger partial charge in [0, 0.05) is 30.1 Å². The lowest BCUT2D eigenvalue weighted by Crippen LogP contribution is -2.15. The van der Waals surface area contributed by atoms with E-state index in [9.17, 15) is 9.18 Å². The van der Waals surface area contributed by atoms with Gasteiger partial charge in [-0.15, -0.1) is 0 Å². The van der Waals surface area contributed by atoms with Crippen LogP contribution >= 0.6 is 0 Å². The van der Waals surface area contributed by atoms with Crippen molar-refractivity contribution in [2.45, 2.75) is 27.7 Å². The second-order valence-electron chi connectivity index (χ2n) is 8.95. The van der Waals surface area contributed by atoms with Crippen LogP contribution in [0.1, 0.15) is 33.3 Å². The van der Waals surface area contributed by atoms with Gasteiger partial charge in [-0.3, -0.25) is 9.48 Å². The molecule has 0 saturated carbocycles. The molecule has 38 heavy (non-hydrogen) atoms. The van der Waals surface area contributed by atoms with Crippen molar-refractivity contribution < 1.29 is 13.9 Å². The summed E-state index contributed by atoms with van der Waals surface area (Å²) in [5, 5.41) is 11.8. The van der Waals surface area contributed by atoms with E-state index in [2.05, 4.69) is 25.5 Å². The topological polar surface area (TPSA) is 99.8 Å². The first-order valence-corrected chi connectivity index (χ1v) is 12.0. The zero-order valence-electron chi connectivity index (χ0n) is 21.7. The van der Waals surface area contributed by atoms with Crippen molar-refractivity contribution in [1.29, 1.82) is 0 Å². The van der Waals surface area contributed by atoms with E-state index in [4.69, 9.17) is 4.74 Å². The summed E-state index contributed by atoms with van der Waals surface area (Å²) in [6.07, 6.45) is 0. The molecule has 0 unspecified atom stereocenters. The minimum absolute atomic E-state index is 0.321. The van der Waals surface area contributed by atoms with Crippen LogP contribution in [0.4, 0.5) is 10.1 Å². The molecule has 0 radical (unpaired) electrons. The normalized spacial score (nSPS) is 11.0.